The van der Waals surface area contributed by atoms with Gasteiger partial charge in [-0.1, -0.05) is 0 Å². The van der Waals surface area contributed by atoms with Gasteiger partial charge in [-0.3, -0.25) is 19.7 Å². The number of carbonyl (C=O) groups is 2. The van der Waals surface area contributed by atoms with Gasteiger partial charge in [0.1, 0.15) is 5.75 Å². The lowest BCUT2D eigenvalue weighted by atomic mass is 9.92. The molecular weight excluding hydrogens is 328 g/mol. The lowest BCUT2D eigenvalue weighted by molar-refractivity contribution is -0.385. The summed E-state index contributed by atoms with van der Waals surface area (Å²) in [5.74, 6) is -1.26. The molecule has 1 aromatic rings. The van der Waals surface area contributed by atoms with E-state index in [9.17, 15) is 24.8 Å². The van der Waals surface area contributed by atoms with E-state index < -0.39 is 22.7 Å². The van der Waals surface area contributed by atoms with Gasteiger partial charge in [-0.15, -0.1) is 0 Å². The molecule has 1 amide bonds. The number of amides is 1. The quantitative estimate of drug-likeness (QED) is 0.644. The van der Waals surface area contributed by atoms with Gasteiger partial charge < -0.3 is 14.7 Å². The Bertz CT molecular complexity index is 743. The van der Waals surface area contributed by atoms with Gasteiger partial charge in [-0.25, -0.2) is 0 Å². The van der Waals surface area contributed by atoms with Crippen LogP contribution >= 0.6 is 0 Å². The minimum Gasteiger partial charge on any atom is -0.496 e. The van der Waals surface area contributed by atoms with Crippen molar-refractivity contribution in [2.45, 2.75) is 19.8 Å². The molecule has 0 unspecified atom stereocenters. The summed E-state index contributed by atoms with van der Waals surface area (Å²) >= 11 is 0. The number of hydrogen-bond donors (Lipinski definition) is 1. The molecule has 2 aliphatic rings. The van der Waals surface area contributed by atoms with Crippen LogP contribution < -0.4 is 4.74 Å². The number of carbonyl (C=O) groups excluding carboxylic acids is 1. The fourth-order valence-corrected chi connectivity index (χ4v) is 3.64. The average molecular weight is 348 g/mol. The van der Waals surface area contributed by atoms with Gasteiger partial charge in [-0.05, 0) is 37.7 Å². The maximum atomic E-state index is 12.8. The standard InChI is InChI=1S/C17H20N2O6/c1-9-14(19(23)24)5-11(6-15(9)25-2)16(20)18-7-12(10-3-4-10)13(8-18)17(21)22/h5-6,10,12-13H,3-4,7-8H2,1-2H3,(H,21,22)/t12-,13+/m1/s1. The maximum Gasteiger partial charge on any atom is 0.308 e. The van der Waals surface area contributed by atoms with Crippen LogP contribution in [0.2, 0.25) is 0 Å². The predicted octanol–water partition coefficient (Wildman–Crippen LogP) is 2.09. The first-order valence-corrected chi connectivity index (χ1v) is 8.18. The zero-order chi connectivity index (χ0) is 18.3. The summed E-state index contributed by atoms with van der Waals surface area (Å²) in [6, 6.07) is 2.71. The molecule has 1 N–H and O–H groups in total. The number of ether oxygens (including phenoxy) is 1. The molecule has 2 atom stereocenters. The summed E-state index contributed by atoms with van der Waals surface area (Å²) in [5.41, 5.74) is 0.315. The van der Waals surface area contributed by atoms with Crippen LogP contribution in [0.5, 0.6) is 5.75 Å². The molecule has 0 spiro atoms. The molecule has 1 saturated heterocycles. The molecule has 25 heavy (non-hydrogen) atoms. The van der Waals surface area contributed by atoms with Gasteiger partial charge in [0.2, 0.25) is 0 Å². The molecule has 3 rings (SSSR count). The van der Waals surface area contributed by atoms with Crippen molar-refractivity contribution in [3.05, 3.63) is 33.4 Å². The van der Waals surface area contributed by atoms with Gasteiger partial charge in [-0.2, -0.15) is 0 Å². The highest BCUT2D eigenvalue weighted by atomic mass is 16.6. The molecule has 0 aromatic heterocycles. The zero-order valence-electron chi connectivity index (χ0n) is 14.1. The van der Waals surface area contributed by atoms with Crippen molar-refractivity contribution < 1.29 is 24.4 Å². The van der Waals surface area contributed by atoms with E-state index >= 15 is 0 Å². The third-order valence-electron chi connectivity index (χ3n) is 5.19. The summed E-state index contributed by atoms with van der Waals surface area (Å²) in [4.78, 5) is 36.5. The minimum absolute atomic E-state index is 0.0382. The van der Waals surface area contributed by atoms with Crippen molar-refractivity contribution in [3.8, 4) is 5.75 Å². The highest BCUT2D eigenvalue weighted by molar-refractivity contribution is 5.96. The van der Waals surface area contributed by atoms with Crippen LogP contribution in [0.3, 0.4) is 0 Å². The number of aliphatic carboxylic acids is 1. The van der Waals surface area contributed by atoms with Crippen LogP contribution in [-0.2, 0) is 4.79 Å². The number of nitrogens with zero attached hydrogens (tertiary/aromatic N) is 2. The van der Waals surface area contributed by atoms with Crippen molar-refractivity contribution >= 4 is 17.6 Å². The summed E-state index contributed by atoms with van der Waals surface area (Å²) < 4.78 is 5.15. The molecular formula is C17H20N2O6. The second-order valence-electron chi connectivity index (χ2n) is 6.74. The molecule has 0 radical (unpaired) electrons. The molecule has 1 saturated carbocycles. The fourth-order valence-electron chi connectivity index (χ4n) is 3.64. The molecule has 2 fully saturated rings. The molecule has 8 nitrogen and oxygen atoms in total. The van der Waals surface area contributed by atoms with E-state index in [2.05, 4.69) is 0 Å². The molecule has 1 aliphatic heterocycles. The maximum absolute atomic E-state index is 12.8. The van der Waals surface area contributed by atoms with Crippen LogP contribution in [-0.4, -0.2) is 47.0 Å². The Hall–Kier alpha value is -2.64. The van der Waals surface area contributed by atoms with Gasteiger partial charge in [0.05, 0.1) is 29.1 Å². The number of carboxylic acid groups (broad SMARTS) is 1. The summed E-state index contributed by atoms with van der Waals surface area (Å²) in [5, 5.41) is 20.6. The SMILES string of the molecule is COc1cc(C(=O)N2C[C@H](C(=O)O)[C@@H](C3CC3)C2)cc([N+](=O)[O-])c1C. The lowest BCUT2D eigenvalue weighted by Crippen LogP contribution is -2.30. The van der Waals surface area contributed by atoms with Crippen molar-refractivity contribution in [3.63, 3.8) is 0 Å². The van der Waals surface area contributed by atoms with E-state index in [0.29, 0.717) is 18.0 Å². The Kier molecular flexibility index (Phi) is 4.36. The first-order valence-electron chi connectivity index (χ1n) is 8.18. The van der Waals surface area contributed by atoms with Crippen LogP contribution in [0.4, 0.5) is 5.69 Å². The number of nitro benzene ring substituents is 1. The lowest BCUT2D eigenvalue weighted by Gasteiger charge is -2.17. The van der Waals surface area contributed by atoms with Crippen molar-refractivity contribution in [1.29, 1.82) is 0 Å². The predicted molar refractivity (Wildman–Crippen MR) is 87.6 cm³/mol. The number of likely N-dealkylation sites (tertiary alicyclic amines) is 1. The van der Waals surface area contributed by atoms with E-state index in [4.69, 9.17) is 4.74 Å². The average Bonchev–Trinajstić information content (AvgIpc) is 3.32. The van der Waals surface area contributed by atoms with Gasteiger partial charge >= 0.3 is 5.97 Å². The van der Waals surface area contributed by atoms with E-state index in [1.54, 1.807) is 6.92 Å². The highest BCUT2D eigenvalue weighted by Gasteiger charge is 2.47. The molecule has 1 aliphatic carbocycles. The number of benzene rings is 1. The molecule has 134 valence electrons. The Morgan fingerprint density at radius 3 is 2.52 bits per heavy atom. The number of hydrogen-bond acceptors (Lipinski definition) is 5. The Morgan fingerprint density at radius 1 is 1.32 bits per heavy atom. The van der Waals surface area contributed by atoms with Crippen LogP contribution in [0.1, 0.15) is 28.8 Å². The van der Waals surface area contributed by atoms with E-state index in [1.807, 2.05) is 0 Å². The Morgan fingerprint density at radius 2 is 2.00 bits per heavy atom. The molecule has 1 aromatic carbocycles. The van der Waals surface area contributed by atoms with Crippen LogP contribution in [0, 0.1) is 34.8 Å². The third kappa shape index (κ3) is 3.16. The topological polar surface area (TPSA) is 110 Å². The van der Waals surface area contributed by atoms with Gasteiger partial charge in [0, 0.05) is 19.2 Å². The highest BCUT2D eigenvalue weighted by Crippen LogP contribution is 2.44. The number of carboxylic acids is 1. The van der Waals surface area contributed by atoms with Crippen molar-refractivity contribution in [2.24, 2.45) is 17.8 Å². The molecule has 8 heteroatoms. The van der Waals surface area contributed by atoms with E-state index in [0.717, 1.165) is 12.8 Å². The second kappa shape index (κ2) is 6.34. The zero-order valence-corrected chi connectivity index (χ0v) is 14.1. The van der Waals surface area contributed by atoms with Crippen molar-refractivity contribution in [1.82, 2.24) is 4.90 Å². The fraction of sp³-hybridized carbons (Fsp3) is 0.529. The third-order valence-corrected chi connectivity index (χ3v) is 5.19. The molecule has 0 bridgehead atoms. The minimum atomic E-state index is -0.889. The monoisotopic (exact) mass is 348 g/mol. The smallest absolute Gasteiger partial charge is 0.308 e. The first-order chi connectivity index (χ1) is 11.8. The Balaban J connectivity index is 1.89. The van der Waals surface area contributed by atoms with Gasteiger partial charge in [0.15, 0.2) is 0 Å². The van der Waals surface area contributed by atoms with E-state index in [-0.39, 0.29) is 29.5 Å². The summed E-state index contributed by atoms with van der Waals surface area (Å²) in [6.45, 7) is 2.08. The summed E-state index contributed by atoms with van der Waals surface area (Å²) in [6.07, 6.45) is 2.00. The van der Waals surface area contributed by atoms with Gasteiger partial charge in [0.25, 0.3) is 11.6 Å². The second-order valence-corrected chi connectivity index (χ2v) is 6.74. The first kappa shape index (κ1) is 17.2. The number of rotatable bonds is 5. The van der Waals surface area contributed by atoms with Crippen molar-refractivity contribution in [2.75, 3.05) is 20.2 Å². The van der Waals surface area contributed by atoms with E-state index in [1.165, 1.54) is 24.1 Å². The largest absolute Gasteiger partial charge is 0.496 e. The number of methoxy groups -OCH3 is 1. The molecule has 1 heterocycles. The Labute approximate surface area is 144 Å². The summed E-state index contributed by atoms with van der Waals surface area (Å²) in [7, 11) is 1.39. The van der Waals surface area contributed by atoms with Crippen LogP contribution in [0.25, 0.3) is 0 Å². The number of nitro groups is 1. The van der Waals surface area contributed by atoms with Crippen LogP contribution in [0.15, 0.2) is 12.1 Å². The normalized spacial score (nSPS) is 22.7.